The van der Waals surface area contributed by atoms with Crippen molar-refractivity contribution in [2.24, 2.45) is 0 Å². The molecule has 0 aliphatic carbocycles. The molecule has 0 saturated carbocycles. The average molecular weight is 286 g/mol. The highest BCUT2D eigenvalue weighted by atomic mass is 35.5. The normalized spacial score (nSPS) is 12.0. The van der Waals surface area contributed by atoms with E-state index in [1.165, 1.54) is 5.56 Å². The van der Waals surface area contributed by atoms with Crippen LogP contribution in [0.15, 0.2) is 46.9 Å². The molecule has 102 valence electrons. The van der Waals surface area contributed by atoms with E-state index < -0.39 is 0 Å². The number of fused-ring (bicyclic) bond motifs is 1. The maximum absolute atomic E-state index is 5.96. The Kier molecular flexibility index (Phi) is 3.06. The maximum Gasteiger partial charge on any atom is 0.227 e. The van der Waals surface area contributed by atoms with Crippen LogP contribution in [0, 0.1) is 0 Å². The summed E-state index contributed by atoms with van der Waals surface area (Å²) in [7, 11) is 0. The summed E-state index contributed by atoms with van der Waals surface area (Å²) >= 11 is 5.96. The van der Waals surface area contributed by atoms with Crippen molar-refractivity contribution in [2.45, 2.75) is 26.2 Å². The molecule has 0 N–H and O–H groups in total. The molecule has 2 aromatic carbocycles. The predicted octanol–water partition coefficient (Wildman–Crippen LogP) is 5.45. The van der Waals surface area contributed by atoms with Crippen LogP contribution < -0.4 is 0 Å². The average Bonchev–Trinajstić information content (AvgIpc) is 2.80. The Morgan fingerprint density at radius 2 is 1.70 bits per heavy atom. The van der Waals surface area contributed by atoms with Crippen molar-refractivity contribution in [1.29, 1.82) is 0 Å². The fourth-order valence-corrected chi connectivity index (χ4v) is 2.30. The number of halogens is 1. The molecule has 0 aliphatic rings. The van der Waals surface area contributed by atoms with Crippen LogP contribution in [0.2, 0.25) is 5.02 Å². The molecule has 3 heteroatoms. The van der Waals surface area contributed by atoms with E-state index in [2.05, 4.69) is 37.9 Å². The van der Waals surface area contributed by atoms with Crippen LogP contribution in [0.3, 0.4) is 0 Å². The minimum atomic E-state index is 0.146. The molecule has 3 aromatic rings. The zero-order valence-electron chi connectivity index (χ0n) is 11.8. The summed E-state index contributed by atoms with van der Waals surface area (Å²) in [6, 6.07) is 13.8. The van der Waals surface area contributed by atoms with Crippen molar-refractivity contribution in [2.75, 3.05) is 0 Å². The Bertz CT molecular complexity index is 751. The van der Waals surface area contributed by atoms with E-state index in [0.29, 0.717) is 16.5 Å². The number of hydrogen-bond acceptors (Lipinski definition) is 2. The van der Waals surface area contributed by atoms with Crippen molar-refractivity contribution in [3.63, 3.8) is 0 Å². The van der Waals surface area contributed by atoms with Gasteiger partial charge in [-0.2, -0.15) is 0 Å². The van der Waals surface area contributed by atoms with Gasteiger partial charge in [-0.25, -0.2) is 4.98 Å². The molecule has 0 saturated heterocycles. The van der Waals surface area contributed by atoms with E-state index in [4.69, 9.17) is 16.0 Å². The van der Waals surface area contributed by atoms with Crippen LogP contribution in [0.25, 0.3) is 22.6 Å². The quantitative estimate of drug-likeness (QED) is 0.594. The Labute approximate surface area is 123 Å². The van der Waals surface area contributed by atoms with E-state index in [-0.39, 0.29) is 5.41 Å². The lowest BCUT2D eigenvalue weighted by Crippen LogP contribution is -2.10. The molecule has 0 radical (unpaired) electrons. The van der Waals surface area contributed by atoms with Gasteiger partial charge < -0.3 is 4.42 Å². The molecule has 0 atom stereocenters. The highest BCUT2D eigenvalue weighted by Gasteiger charge is 2.14. The van der Waals surface area contributed by atoms with E-state index in [9.17, 15) is 0 Å². The first-order chi connectivity index (χ1) is 9.43. The molecular weight excluding hydrogens is 270 g/mol. The molecule has 0 fully saturated rings. The van der Waals surface area contributed by atoms with Crippen LogP contribution in [0.1, 0.15) is 26.3 Å². The molecule has 0 amide bonds. The van der Waals surface area contributed by atoms with Crippen molar-refractivity contribution in [1.82, 2.24) is 4.98 Å². The minimum absolute atomic E-state index is 0.146. The molecule has 20 heavy (non-hydrogen) atoms. The Hall–Kier alpha value is -1.80. The largest absolute Gasteiger partial charge is 0.436 e. The summed E-state index contributed by atoms with van der Waals surface area (Å²) in [5.74, 6) is 0.628. The standard InChI is InChI=1S/C17H16ClNO/c1-17(2,3)12-6-4-11(5-7-12)16-19-14-9-8-13(18)10-15(14)20-16/h4-10H,1-3H3. The highest BCUT2D eigenvalue weighted by molar-refractivity contribution is 6.31. The smallest absolute Gasteiger partial charge is 0.227 e. The van der Waals surface area contributed by atoms with Gasteiger partial charge in [-0.05, 0) is 35.2 Å². The maximum atomic E-state index is 5.96. The zero-order chi connectivity index (χ0) is 14.3. The summed E-state index contributed by atoms with van der Waals surface area (Å²) < 4.78 is 5.76. The van der Waals surface area contributed by atoms with Gasteiger partial charge in [0.1, 0.15) is 5.52 Å². The lowest BCUT2D eigenvalue weighted by molar-refractivity contribution is 0.589. The van der Waals surface area contributed by atoms with Crippen LogP contribution in [-0.4, -0.2) is 4.98 Å². The fourth-order valence-electron chi connectivity index (χ4n) is 2.13. The first-order valence-corrected chi connectivity index (χ1v) is 6.98. The van der Waals surface area contributed by atoms with E-state index in [0.717, 1.165) is 11.1 Å². The molecular formula is C17H16ClNO. The van der Waals surface area contributed by atoms with Gasteiger partial charge in [-0.15, -0.1) is 0 Å². The number of rotatable bonds is 1. The van der Waals surface area contributed by atoms with Gasteiger partial charge in [-0.3, -0.25) is 0 Å². The van der Waals surface area contributed by atoms with Crippen molar-refractivity contribution < 1.29 is 4.42 Å². The van der Waals surface area contributed by atoms with E-state index >= 15 is 0 Å². The molecule has 1 aromatic heterocycles. The summed E-state index contributed by atoms with van der Waals surface area (Å²) in [5, 5.41) is 0.656. The molecule has 2 nitrogen and oxygen atoms in total. The van der Waals surface area contributed by atoms with Crippen molar-refractivity contribution >= 4 is 22.7 Å². The molecule has 0 unspecified atom stereocenters. The second kappa shape index (κ2) is 4.64. The molecule has 0 bridgehead atoms. The van der Waals surface area contributed by atoms with Gasteiger partial charge >= 0.3 is 0 Å². The number of nitrogens with zero attached hydrogens (tertiary/aromatic N) is 1. The third-order valence-corrected chi connectivity index (χ3v) is 3.58. The predicted molar refractivity (Wildman–Crippen MR) is 83.2 cm³/mol. The van der Waals surface area contributed by atoms with Gasteiger partial charge in [0.05, 0.1) is 0 Å². The minimum Gasteiger partial charge on any atom is -0.436 e. The van der Waals surface area contributed by atoms with Gasteiger partial charge in [0.15, 0.2) is 5.58 Å². The highest BCUT2D eigenvalue weighted by Crippen LogP contribution is 2.28. The molecule has 1 heterocycles. The van der Waals surface area contributed by atoms with Gasteiger partial charge in [0.2, 0.25) is 5.89 Å². The van der Waals surface area contributed by atoms with Crippen LogP contribution in [0.5, 0.6) is 0 Å². The second-order valence-corrected chi connectivity index (χ2v) is 6.39. The second-order valence-electron chi connectivity index (χ2n) is 5.96. The third kappa shape index (κ3) is 2.44. The Morgan fingerprint density at radius 1 is 1.00 bits per heavy atom. The third-order valence-electron chi connectivity index (χ3n) is 3.35. The molecule has 0 aliphatic heterocycles. The van der Waals surface area contributed by atoms with Crippen LogP contribution in [0.4, 0.5) is 0 Å². The Morgan fingerprint density at radius 3 is 2.35 bits per heavy atom. The Balaban J connectivity index is 2.02. The number of hydrogen-bond donors (Lipinski definition) is 0. The topological polar surface area (TPSA) is 26.0 Å². The SMILES string of the molecule is CC(C)(C)c1ccc(-c2nc3ccc(Cl)cc3o2)cc1. The first-order valence-electron chi connectivity index (χ1n) is 6.60. The van der Waals surface area contributed by atoms with E-state index in [1.807, 2.05) is 24.3 Å². The summed E-state index contributed by atoms with van der Waals surface area (Å²) in [4.78, 5) is 4.49. The zero-order valence-corrected chi connectivity index (χ0v) is 12.5. The van der Waals surface area contributed by atoms with Gasteiger partial charge in [0.25, 0.3) is 0 Å². The van der Waals surface area contributed by atoms with Crippen LogP contribution in [-0.2, 0) is 5.41 Å². The molecule has 0 spiro atoms. The lowest BCUT2D eigenvalue weighted by atomic mass is 9.87. The van der Waals surface area contributed by atoms with E-state index in [1.54, 1.807) is 6.07 Å². The van der Waals surface area contributed by atoms with Crippen LogP contribution >= 0.6 is 11.6 Å². The summed E-state index contributed by atoms with van der Waals surface area (Å²) in [6.45, 7) is 6.59. The van der Waals surface area contributed by atoms with Crippen molar-refractivity contribution in [3.05, 3.63) is 53.1 Å². The van der Waals surface area contributed by atoms with Crippen molar-refractivity contribution in [3.8, 4) is 11.5 Å². The number of oxazole rings is 1. The monoisotopic (exact) mass is 285 g/mol. The lowest BCUT2D eigenvalue weighted by Gasteiger charge is -2.18. The summed E-state index contributed by atoms with van der Waals surface area (Å²) in [6.07, 6.45) is 0. The number of aromatic nitrogens is 1. The molecule has 3 rings (SSSR count). The fraction of sp³-hybridized carbons (Fsp3) is 0.235. The summed E-state index contributed by atoms with van der Waals surface area (Å²) in [5.41, 5.74) is 3.95. The van der Waals surface area contributed by atoms with Gasteiger partial charge in [-0.1, -0.05) is 44.5 Å². The first kappa shape index (κ1) is 13.2. The number of benzene rings is 2. The van der Waals surface area contributed by atoms with Gasteiger partial charge in [0, 0.05) is 16.7 Å².